The summed E-state index contributed by atoms with van der Waals surface area (Å²) >= 11 is 1.42. The molecule has 0 aromatic rings. The van der Waals surface area contributed by atoms with E-state index < -0.39 is 85.0 Å². The second-order valence-corrected chi connectivity index (χ2v) is 8.43. The minimum Gasteiger partial charge on any atom is -0.481 e. The molecule has 4 unspecified atom stereocenters. The fourth-order valence-corrected chi connectivity index (χ4v) is 3.15. The first-order chi connectivity index (χ1) is 16.3. The maximum atomic E-state index is 12.7. The van der Waals surface area contributed by atoms with E-state index in [2.05, 4.69) is 16.0 Å². The van der Waals surface area contributed by atoms with E-state index in [1.54, 1.807) is 6.26 Å². The van der Waals surface area contributed by atoms with Gasteiger partial charge in [-0.1, -0.05) is 0 Å². The number of carbonyl (C=O) groups excluding carboxylic acids is 4. The number of primary amides is 1. The third-order valence-corrected chi connectivity index (χ3v) is 5.20. The number of amides is 4. The van der Waals surface area contributed by atoms with Crippen LogP contribution in [0.15, 0.2) is 0 Å². The Balaban J connectivity index is 5.56. The van der Waals surface area contributed by atoms with E-state index in [1.807, 2.05) is 0 Å². The van der Waals surface area contributed by atoms with Crippen LogP contribution in [0.25, 0.3) is 0 Å². The molecular formula is C19H31N5O10S. The van der Waals surface area contributed by atoms with Crippen LogP contribution >= 0.6 is 11.8 Å². The lowest BCUT2D eigenvalue weighted by Gasteiger charge is -2.24. The van der Waals surface area contributed by atoms with Crippen LogP contribution in [0.2, 0.25) is 0 Å². The van der Waals surface area contributed by atoms with Crippen molar-refractivity contribution in [2.45, 2.75) is 62.7 Å². The minimum atomic E-state index is -1.65. The summed E-state index contributed by atoms with van der Waals surface area (Å²) in [5.41, 5.74) is 10.7. The molecule has 35 heavy (non-hydrogen) atoms. The zero-order valence-corrected chi connectivity index (χ0v) is 19.8. The number of rotatable bonds is 18. The molecule has 0 aliphatic carbocycles. The van der Waals surface area contributed by atoms with Gasteiger partial charge >= 0.3 is 17.9 Å². The quantitative estimate of drug-likeness (QED) is 0.0909. The molecule has 16 heteroatoms. The van der Waals surface area contributed by atoms with Crippen molar-refractivity contribution < 1.29 is 48.9 Å². The normalized spacial score (nSPS) is 14.0. The Kier molecular flexibility index (Phi) is 14.7. The number of hydrogen-bond acceptors (Lipinski definition) is 9. The van der Waals surface area contributed by atoms with Crippen LogP contribution < -0.4 is 27.4 Å². The predicted molar refractivity (Wildman–Crippen MR) is 122 cm³/mol. The van der Waals surface area contributed by atoms with E-state index in [1.165, 1.54) is 11.8 Å². The van der Waals surface area contributed by atoms with E-state index in [9.17, 15) is 38.7 Å². The van der Waals surface area contributed by atoms with Gasteiger partial charge in [0.1, 0.15) is 18.1 Å². The number of nitrogens with two attached hydrogens (primary N) is 2. The first-order valence-corrected chi connectivity index (χ1v) is 11.8. The van der Waals surface area contributed by atoms with E-state index in [0.717, 1.165) is 0 Å². The largest absolute Gasteiger partial charge is 0.481 e. The molecule has 0 rings (SSSR count). The lowest BCUT2D eigenvalue weighted by atomic mass is 10.1. The third kappa shape index (κ3) is 13.8. The van der Waals surface area contributed by atoms with Crippen molar-refractivity contribution in [1.82, 2.24) is 16.0 Å². The summed E-state index contributed by atoms with van der Waals surface area (Å²) in [7, 11) is 0. The van der Waals surface area contributed by atoms with Gasteiger partial charge in [0.25, 0.3) is 0 Å². The van der Waals surface area contributed by atoms with Gasteiger partial charge < -0.3 is 42.7 Å². The van der Waals surface area contributed by atoms with E-state index >= 15 is 0 Å². The monoisotopic (exact) mass is 521 g/mol. The highest BCUT2D eigenvalue weighted by atomic mass is 32.2. The van der Waals surface area contributed by atoms with Gasteiger partial charge in [-0.3, -0.25) is 28.8 Å². The maximum absolute atomic E-state index is 12.7. The van der Waals surface area contributed by atoms with Crippen LogP contribution in [0.3, 0.4) is 0 Å². The second-order valence-electron chi connectivity index (χ2n) is 7.44. The molecule has 4 amide bonds. The Hall–Kier alpha value is -3.40. The molecule has 0 fully saturated rings. The van der Waals surface area contributed by atoms with Crippen molar-refractivity contribution in [1.29, 1.82) is 0 Å². The minimum absolute atomic E-state index is 0.250. The second kappa shape index (κ2) is 16.3. The van der Waals surface area contributed by atoms with Gasteiger partial charge in [0, 0.05) is 12.8 Å². The van der Waals surface area contributed by atoms with Crippen LogP contribution in [0.1, 0.15) is 38.5 Å². The summed E-state index contributed by atoms with van der Waals surface area (Å²) in [6, 6.07) is -5.83. The standard InChI is InChI=1S/C19H31N5O10S/c1-35-7-6-9(20)16(30)24-12(8-15(28)29)18(32)22-10(3-5-14(26)27)17(31)23-11(19(33)34)2-4-13(21)25/h9-12H,2-8,20H2,1H3,(H2,21,25)(H,22,32)(H,23,31)(H,24,30)(H,26,27)(H,28,29)(H,33,34). The molecule has 10 N–H and O–H groups in total. The van der Waals surface area contributed by atoms with Crippen molar-refractivity contribution >= 4 is 53.3 Å². The highest BCUT2D eigenvalue weighted by molar-refractivity contribution is 7.98. The Bertz CT molecular complexity index is 809. The first kappa shape index (κ1) is 31.6. The Labute approximate surface area is 204 Å². The molecule has 0 aromatic heterocycles. The number of carboxylic acid groups (broad SMARTS) is 3. The third-order valence-electron chi connectivity index (χ3n) is 4.56. The van der Waals surface area contributed by atoms with Gasteiger partial charge in [-0.25, -0.2) is 4.79 Å². The number of thioether (sulfide) groups is 1. The van der Waals surface area contributed by atoms with Crippen LogP contribution in [0.5, 0.6) is 0 Å². The summed E-state index contributed by atoms with van der Waals surface area (Å²) in [6.45, 7) is 0. The molecule has 4 atom stereocenters. The lowest BCUT2D eigenvalue weighted by Crippen LogP contribution is -2.57. The Morgan fingerprint density at radius 3 is 1.74 bits per heavy atom. The smallest absolute Gasteiger partial charge is 0.326 e. The average Bonchev–Trinajstić information content (AvgIpc) is 2.75. The maximum Gasteiger partial charge on any atom is 0.326 e. The van der Waals surface area contributed by atoms with Crippen molar-refractivity contribution in [2.75, 3.05) is 12.0 Å². The number of carboxylic acids is 3. The lowest BCUT2D eigenvalue weighted by molar-refractivity contribution is -0.144. The zero-order valence-electron chi connectivity index (χ0n) is 19.0. The summed E-state index contributed by atoms with van der Waals surface area (Å²) in [5, 5.41) is 33.7. The zero-order chi connectivity index (χ0) is 27.1. The number of carbonyl (C=O) groups is 7. The van der Waals surface area contributed by atoms with Gasteiger partial charge in [0.05, 0.1) is 12.5 Å². The summed E-state index contributed by atoms with van der Waals surface area (Å²) in [4.78, 5) is 82.0. The van der Waals surface area contributed by atoms with Crippen molar-refractivity contribution in [3.05, 3.63) is 0 Å². The van der Waals surface area contributed by atoms with Gasteiger partial charge in [0.15, 0.2) is 0 Å². The van der Waals surface area contributed by atoms with Crippen molar-refractivity contribution in [2.24, 2.45) is 11.5 Å². The molecule has 0 radical (unpaired) electrons. The highest BCUT2D eigenvalue weighted by Crippen LogP contribution is 2.05. The van der Waals surface area contributed by atoms with Crippen LogP contribution in [0.4, 0.5) is 0 Å². The fraction of sp³-hybridized carbons (Fsp3) is 0.632. The molecule has 0 bridgehead atoms. The van der Waals surface area contributed by atoms with Gasteiger partial charge in [-0.15, -0.1) is 0 Å². The van der Waals surface area contributed by atoms with E-state index in [-0.39, 0.29) is 19.3 Å². The molecule has 0 aliphatic heterocycles. The molecule has 0 aromatic carbocycles. The Morgan fingerprint density at radius 2 is 1.26 bits per heavy atom. The summed E-state index contributed by atoms with van der Waals surface area (Å²) in [6.07, 6.45) is -0.635. The molecular weight excluding hydrogens is 490 g/mol. The highest BCUT2D eigenvalue weighted by Gasteiger charge is 2.31. The van der Waals surface area contributed by atoms with Crippen LogP contribution in [-0.4, -0.2) is 93.0 Å². The number of aliphatic carboxylic acids is 3. The molecule has 0 saturated heterocycles. The molecule has 0 aliphatic rings. The van der Waals surface area contributed by atoms with E-state index in [0.29, 0.717) is 5.75 Å². The van der Waals surface area contributed by atoms with Crippen molar-refractivity contribution in [3.8, 4) is 0 Å². The van der Waals surface area contributed by atoms with E-state index in [4.69, 9.17) is 21.7 Å². The predicted octanol–water partition coefficient (Wildman–Crippen LogP) is -2.79. The SMILES string of the molecule is CSCCC(N)C(=O)NC(CC(=O)O)C(=O)NC(CCC(=O)O)C(=O)NC(CCC(N)=O)C(=O)O. The summed E-state index contributed by atoms with van der Waals surface area (Å²) < 4.78 is 0. The first-order valence-electron chi connectivity index (χ1n) is 10.4. The average molecular weight is 522 g/mol. The van der Waals surface area contributed by atoms with Crippen LogP contribution in [0, 0.1) is 0 Å². The Morgan fingerprint density at radius 1 is 0.743 bits per heavy atom. The topological polar surface area (TPSA) is 268 Å². The number of nitrogens with one attached hydrogen (secondary N) is 3. The summed E-state index contributed by atoms with van der Waals surface area (Å²) in [5.74, 6) is -7.57. The molecule has 15 nitrogen and oxygen atoms in total. The molecule has 198 valence electrons. The van der Waals surface area contributed by atoms with Crippen molar-refractivity contribution in [3.63, 3.8) is 0 Å². The molecule has 0 heterocycles. The van der Waals surface area contributed by atoms with Gasteiger partial charge in [-0.05, 0) is 31.3 Å². The van der Waals surface area contributed by atoms with Gasteiger partial charge in [-0.2, -0.15) is 11.8 Å². The molecule has 0 spiro atoms. The number of hydrogen-bond donors (Lipinski definition) is 8. The molecule has 0 saturated carbocycles. The van der Waals surface area contributed by atoms with Gasteiger partial charge in [0.2, 0.25) is 23.6 Å². The van der Waals surface area contributed by atoms with Crippen LogP contribution in [-0.2, 0) is 33.6 Å². The fourth-order valence-electron chi connectivity index (χ4n) is 2.66.